The Morgan fingerprint density at radius 1 is 1.53 bits per heavy atom. The molecule has 2 aromatic rings. The molecule has 0 atom stereocenters. The van der Waals surface area contributed by atoms with Crippen molar-refractivity contribution in [2.45, 2.75) is 13.3 Å². The fourth-order valence-corrected chi connectivity index (χ4v) is 2.36. The first-order valence-electron chi connectivity index (χ1n) is 5.23. The van der Waals surface area contributed by atoms with Crippen molar-refractivity contribution in [2.75, 3.05) is 7.11 Å². The Morgan fingerprint density at radius 3 is 3.06 bits per heavy atom. The second-order valence-electron chi connectivity index (χ2n) is 3.42. The van der Waals surface area contributed by atoms with Gasteiger partial charge in [0.1, 0.15) is 5.01 Å². The van der Waals surface area contributed by atoms with Gasteiger partial charge in [-0.25, -0.2) is 9.78 Å². The summed E-state index contributed by atoms with van der Waals surface area (Å²) in [5.41, 5.74) is 2.51. The summed E-state index contributed by atoms with van der Waals surface area (Å²) in [7, 11) is 1.35. The molecule has 2 aromatic heterocycles. The van der Waals surface area contributed by atoms with E-state index in [2.05, 4.69) is 21.6 Å². The van der Waals surface area contributed by atoms with Crippen molar-refractivity contribution in [2.24, 2.45) is 0 Å². The average Bonchev–Trinajstić information content (AvgIpc) is 2.87. The predicted molar refractivity (Wildman–Crippen MR) is 66.1 cm³/mol. The van der Waals surface area contributed by atoms with Crippen LogP contribution in [0.2, 0.25) is 0 Å². The maximum absolute atomic E-state index is 11.3. The number of aryl methyl sites for hydroxylation is 1. The number of esters is 1. The summed E-state index contributed by atoms with van der Waals surface area (Å²) >= 11 is 1.44. The minimum Gasteiger partial charge on any atom is -0.464 e. The third kappa shape index (κ3) is 2.34. The molecule has 0 bridgehead atoms. The quantitative estimate of drug-likeness (QED) is 0.783. The lowest BCUT2D eigenvalue weighted by molar-refractivity contribution is 0.0595. The van der Waals surface area contributed by atoms with E-state index in [1.54, 1.807) is 11.6 Å². The lowest BCUT2D eigenvalue weighted by Gasteiger charge is -2.02. The molecule has 0 aliphatic rings. The van der Waals surface area contributed by atoms with Crippen LogP contribution in [0.5, 0.6) is 0 Å². The van der Waals surface area contributed by atoms with Crippen molar-refractivity contribution in [3.05, 3.63) is 35.1 Å². The van der Waals surface area contributed by atoms with Gasteiger partial charge in [0.25, 0.3) is 0 Å². The largest absolute Gasteiger partial charge is 0.464 e. The Labute approximate surface area is 103 Å². The molecule has 2 heterocycles. The average molecular weight is 248 g/mol. The highest BCUT2D eigenvalue weighted by atomic mass is 32.1. The van der Waals surface area contributed by atoms with E-state index < -0.39 is 5.97 Å². The molecule has 88 valence electrons. The Hall–Kier alpha value is -1.75. The summed E-state index contributed by atoms with van der Waals surface area (Å²) in [6.45, 7) is 2.06. The monoisotopic (exact) mass is 248 g/mol. The molecule has 17 heavy (non-hydrogen) atoms. The third-order valence-corrected chi connectivity index (χ3v) is 3.29. The van der Waals surface area contributed by atoms with Gasteiger partial charge in [0.15, 0.2) is 5.69 Å². The maximum Gasteiger partial charge on any atom is 0.357 e. The number of hydrogen-bond acceptors (Lipinski definition) is 5. The summed E-state index contributed by atoms with van der Waals surface area (Å²) in [6.07, 6.45) is 4.44. The number of pyridine rings is 1. The van der Waals surface area contributed by atoms with E-state index in [4.69, 9.17) is 0 Å². The molecule has 4 nitrogen and oxygen atoms in total. The van der Waals surface area contributed by atoms with Crippen LogP contribution in [0.4, 0.5) is 0 Å². The summed E-state index contributed by atoms with van der Waals surface area (Å²) in [4.78, 5) is 19.7. The van der Waals surface area contributed by atoms with Crippen LogP contribution in [0.1, 0.15) is 23.0 Å². The third-order valence-electron chi connectivity index (χ3n) is 2.41. The van der Waals surface area contributed by atoms with Gasteiger partial charge < -0.3 is 4.74 Å². The van der Waals surface area contributed by atoms with Gasteiger partial charge in [-0.1, -0.05) is 6.92 Å². The van der Waals surface area contributed by atoms with Gasteiger partial charge in [0.05, 0.1) is 7.11 Å². The Balaban J connectivity index is 2.40. The highest BCUT2D eigenvalue weighted by Gasteiger charge is 2.13. The molecular formula is C12H12N2O2S. The van der Waals surface area contributed by atoms with Crippen LogP contribution >= 0.6 is 11.3 Å². The number of carbonyl (C=O) groups is 1. The number of carbonyl (C=O) groups excluding carboxylic acids is 1. The van der Waals surface area contributed by atoms with Crippen molar-refractivity contribution in [1.82, 2.24) is 9.97 Å². The Kier molecular flexibility index (Phi) is 3.49. The van der Waals surface area contributed by atoms with Crippen LogP contribution in [-0.4, -0.2) is 23.0 Å². The lowest BCUT2D eigenvalue weighted by atomic mass is 10.1. The molecule has 0 N–H and O–H groups in total. The fraction of sp³-hybridized carbons (Fsp3) is 0.250. The van der Waals surface area contributed by atoms with Gasteiger partial charge in [-0.2, -0.15) is 0 Å². The second kappa shape index (κ2) is 5.05. The zero-order valence-electron chi connectivity index (χ0n) is 9.64. The van der Waals surface area contributed by atoms with Gasteiger partial charge >= 0.3 is 5.97 Å². The van der Waals surface area contributed by atoms with E-state index in [1.807, 2.05) is 12.3 Å². The van der Waals surface area contributed by atoms with Crippen molar-refractivity contribution in [1.29, 1.82) is 0 Å². The smallest absolute Gasteiger partial charge is 0.357 e. The number of nitrogens with zero attached hydrogens (tertiary/aromatic N) is 2. The van der Waals surface area contributed by atoms with E-state index in [1.165, 1.54) is 18.4 Å². The minimum atomic E-state index is -0.403. The fourth-order valence-electron chi connectivity index (χ4n) is 1.51. The van der Waals surface area contributed by atoms with Crippen molar-refractivity contribution in [3.8, 4) is 10.6 Å². The number of thiazole rings is 1. The molecule has 0 saturated heterocycles. The molecule has 0 aliphatic carbocycles. The molecule has 0 spiro atoms. The van der Waals surface area contributed by atoms with E-state index in [9.17, 15) is 4.79 Å². The number of hydrogen-bond donors (Lipinski definition) is 0. The van der Waals surface area contributed by atoms with Crippen LogP contribution in [0.3, 0.4) is 0 Å². The SMILES string of the molecule is CCc1cnccc1-c1nc(C(=O)OC)cs1. The molecule has 2 rings (SSSR count). The predicted octanol–water partition coefficient (Wildman–Crippen LogP) is 2.55. The molecule has 0 radical (unpaired) electrons. The van der Waals surface area contributed by atoms with E-state index in [0.29, 0.717) is 5.69 Å². The van der Waals surface area contributed by atoms with Crippen LogP contribution < -0.4 is 0 Å². The Bertz CT molecular complexity index is 537. The van der Waals surface area contributed by atoms with Crippen molar-refractivity contribution < 1.29 is 9.53 Å². The minimum absolute atomic E-state index is 0.353. The Morgan fingerprint density at radius 2 is 2.35 bits per heavy atom. The zero-order valence-corrected chi connectivity index (χ0v) is 10.5. The van der Waals surface area contributed by atoms with Crippen molar-refractivity contribution in [3.63, 3.8) is 0 Å². The van der Waals surface area contributed by atoms with E-state index in [0.717, 1.165) is 22.6 Å². The highest BCUT2D eigenvalue weighted by molar-refractivity contribution is 7.13. The maximum atomic E-state index is 11.3. The second-order valence-corrected chi connectivity index (χ2v) is 4.27. The molecule has 0 saturated carbocycles. The van der Waals surface area contributed by atoms with Gasteiger partial charge in [-0.15, -0.1) is 11.3 Å². The number of rotatable bonds is 3. The van der Waals surface area contributed by atoms with Crippen molar-refractivity contribution >= 4 is 17.3 Å². The molecular weight excluding hydrogens is 236 g/mol. The molecule has 0 amide bonds. The van der Waals surface area contributed by atoms with Gasteiger partial charge in [-0.3, -0.25) is 4.98 Å². The molecule has 0 unspecified atom stereocenters. The molecule has 0 aromatic carbocycles. The summed E-state index contributed by atoms with van der Waals surface area (Å²) in [6, 6.07) is 1.92. The standard InChI is InChI=1S/C12H12N2O2S/c1-3-8-6-13-5-4-9(8)11-14-10(7-17-11)12(15)16-2/h4-7H,3H2,1-2H3. The first-order chi connectivity index (χ1) is 8.26. The normalized spacial score (nSPS) is 10.2. The summed E-state index contributed by atoms with van der Waals surface area (Å²) < 4.78 is 4.63. The summed E-state index contributed by atoms with van der Waals surface area (Å²) in [5.74, 6) is -0.403. The molecule has 5 heteroatoms. The highest BCUT2D eigenvalue weighted by Crippen LogP contribution is 2.26. The van der Waals surface area contributed by atoms with Crippen LogP contribution in [0, 0.1) is 0 Å². The van der Waals surface area contributed by atoms with Gasteiger partial charge in [-0.05, 0) is 18.1 Å². The number of ether oxygens (including phenoxy) is 1. The molecule has 0 aliphatic heterocycles. The van der Waals surface area contributed by atoms with E-state index >= 15 is 0 Å². The zero-order chi connectivity index (χ0) is 12.3. The van der Waals surface area contributed by atoms with E-state index in [-0.39, 0.29) is 0 Å². The van der Waals surface area contributed by atoms with Gasteiger partial charge in [0, 0.05) is 23.3 Å². The number of methoxy groups -OCH3 is 1. The molecule has 0 fully saturated rings. The van der Waals surface area contributed by atoms with Crippen LogP contribution in [-0.2, 0) is 11.2 Å². The number of aromatic nitrogens is 2. The van der Waals surface area contributed by atoms with Gasteiger partial charge in [0.2, 0.25) is 0 Å². The topological polar surface area (TPSA) is 52.1 Å². The van der Waals surface area contributed by atoms with Crippen LogP contribution in [0.15, 0.2) is 23.8 Å². The summed E-state index contributed by atoms with van der Waals surface area (Å²) in [5, 5.41) is 2.53. The van der Waals surface area contributed by atoms with Crippen LogP contribution in [0.25, 0.3) is 10.6 Å². The lowest BCUT2D eigenvalue weighted by Crippen LogP contribution is -2.01. The first kappa shape index (κ1) is 11.7. The first-order valence-corrected chi connectivity index (χ1v) is 6.11.